The lowest BCUT2D eigenvalue weighted by Crippen LogP contribution is -2.52. The minimum absolute atomic E-state index is 0. The molecule has 0 aliphatic carbocycles. The van der Waals surface area contributed by atoms with Crippen molar-refractivity contribution in [2.24, 2.45) is 0 Å². The van der Waals surface area contributed by atoms with Gasteiger partial charge in [0.15, 0.2) is 0 Å². The third kappa shape index (κ3) is 3.92. The van der Waals surface area contributed by atoms with Crippen molar-refractivity contribution >= 4 is 35.6 Å². The summed E-state index contributed by atoms with van der Waals surface area (Å²) < 4.78 is 0. The minimum atomic E-state index is 0. The van der Waals surface area contributed by atoms with Crippen molar-refractivity contribution in [2.75, 3.05) is 39.8 Å². The van der Waals surface area contributed by atoms with Gasteiger partial charge in [0.1, 0.15) is 0 Å². The molecule has 1 saturated heterocycles. The Hall–Kier alpha value is -1.11. The number of halogens is 1. The van der Waals surface area contributed by atoms with E-state index in [0.717, 1.165) is 5.56 Å². The van der Waals surface area contributed by atoms with Crippen molar-refractivity contribution in [1.29, 1.82) is 0 Å². The summed E-state index contributed by atoms with van der Waals surface area (Å²) in [6.45, 7) is 2.83. The smallest absolute Gasteiger partial charge is 0.254 e. The van der Waals surface area contributed by atoms with E-state index in [2.05, 4.69) is 5.32 Å². The van der Waals surface area contributed by atoms with Crippen LogP contribution < -0.4 is 5.32 Å². The topological polar surface area (TPSA) is 52.7 Å². The molecule has 1 aromatic rings. The third-order valence-electron chi connectivity index (χ3n) is 3.02. The third-order valence-corrected chi connectivity index (χ3v) is 3.70. The summed E-state index contributed by atoms with van der Waals surface area (Å²) >= 11 is 1.52. The van der Waals surface area contributed by atoms with Crippen LogP contribution in [-0.2, 0) is 4.79 Å². The predicted molar refractivity (Wildman–Crippen MR) is 78.0 cm³/mol. The largest absolute Gasteiger partial charge is 0.338 e. The number of hydrogen-bond donors (Lipinski definition) is 1. The van der Waals surface area contributed by atoms with Crippen molar-refractivity contribution in [3.63, 3.8) is 0 Å². The molecule has 7 heteroatoms. The average molecular weight is 304 g/mol. The summed E-state index contributed by atoms with van der Waals surface area (Å²) in [6.07, 6.45) is 0. The van der Waals surface area contributed by atoms with Gasteiger partial charge in [-0.1, -0.05) is 0 Å². The van der Waals surface area contributed by atoms with Crippen molar-refractivity contribution in [1.82, 2.24) is 15.1 Å². The van der Waals surface area contributed by atoms with Gasteiger partial charge in [-0.3, -0.25) is 9.59 Å². The molecule has 2 heterocycles. The van der Waals surface area contributed by atoms with Crippen molar-refractivity contribution in [2.45, 2.75) is 0 Å². The Balaban J connectivity index is 0.00000180. The van der Waals surface area contributed by atoms with Crippen LogP contribution in [0.3, 0.4) is 0 Å². The first-order chi connectivity index (χ1) is 8.72. The molecule has 19 heavy (non-hydrogen) atoms. The van der Waals surface area contributed by atoms with Crippen LogP contribution in [0.25, 0.3) is 0 Å². The van der Waals surface area contributed by atoms with Crippen LogP contribution in [0.5, 0.6) is 0 Å². The standard InChI is InChI=1S/C12H17N3O2S.ClH/c1-13-8-11(16)14-3-5-15(6-4-14)12(17)10-2-7-18-9-10;/h2,7,9,13H,3-6,8H2,1H3;1H. The highest BCUT2D eigenvalue weighted by molar-refractivity contribution is 7.08. The van der Waals surface area contributed by atoms with Crippen LogP contribution in [0.2, 0.25) is 0 Å². The van der Waals surface area contributed by atoms with E-state index in [-0.39, 0.29) is 24.2 Å². The molecule has 0 bridgehead atoms. The van der Waals surface area contributed by atoms with Crippen molar-refractivity contribution in [3.8, 4) is 0 Å². The zero-order valence-corrected chi connectivity index (χ0v) is 12.4. The van der Waals surface area contributed by atoms with E-state index < -0.39 is 0 Å². The first kappa shape index (κ1) is 15.9. The highest BCUT2D eigenvalue weighted by Crippen LogP contribution is 2.11. The average Bonchev–Trinajstić information content (AvgIpc) is 2.92. The lowest BCUT2D eigenvalue weighted by Gasteiger charge is -2.34. The van der Waals surface area contributed by atoms with E-state index in [4.69, 9.17) is 0 Å². The summed E-state index contributed by atoms with van der Waals surface area (Å²) in [7, 11) is 1.76. The summed E-state index contributed by atoms with van der Waals surface area (Å²) in [5.74, 6) is 0.164. The molecule has 5 nitrogen and oxygen atoms in total. The highest BCUT2D eigenvalue weighted by Gasteiger charge is 2.24. The van der Waals surface area contributed by atoms with E-state index in [9.17, 15) is 9.59 Å². The van der Waals surface area contributed by atoms with Crippen LogP contribution in [0, 0.1) is 0 Å². The number of thiophene rings is 1. The Bertz CT molecular complexity index is 417. The summed E-state index contributed by atoms with van der Waals surface area (Å²) in [6, 6.07) is 1.84. The van der Waals surface area contributed by atoms with Gasteiger partial charge in [-0.15, -0.1) is 12.4 Å². The second-order valence-corrected chi connectivity index (χ2v) is 5.00. The fraction of sp³-hybridized carbons (Fsp3) is 0.500. The van der Waals surface area contributed by atoms with E-state index in [1.165, 1.54) is 11.3 Å². The fourth-order valence-electron chi connectivity index (χ4n) is 1.99. The molecule has 0 saturated carbocycles. The van der Waals surface area contributed by atoms with Gasteiger partial charge in [-0.25, -0.2) is 0 Å². The molecule has 1 aliphatic rings. The normalized spacial score (nSPS) is 15.0. The molecule has 0 unspecified atom stereocenters. The maximum Gasteiger partial charge on any atom is 0.254 e. The second-order valence-electron chi connectivity index (χ2n) is 4.22. The molecule has 1 N–H and O–H groups in total. The molecular formula is C12H18ClN3O2S. The zero-order chi connectivity index (χ0) is 13.0. The second kappa shape index (κ2) is 7.47. The number of hydrogen-bond acceptors (Lipinski definition) is 4. The van der Waals surface area contributed by atoms with Crippen LogP contribution in [0.4, 0.5) is 0 Å². The molecular weight excluding hydrogens is 286 g/mol. The number of nitrogens with zero attached hydrogens (tertiary/aromatic N) is 2. The molecule has 0 radical (unpaired) electrons. The number of likely N-dealkylation sites (N-methyl/N-ethyl adjacent to an activating group) is 1. The van der Waals surface area contributed by atoms with E-state index in [1.54, 1.807) is 11.9 Å². The minimum Gasteiger partial charge on any atom is -0.338 e. The molecule has 2 rings (SSSR count). The molecule has 1 aromatic heterocycles. The van der Waals surface area contributed by atoms with Crippen LogP contribution >= 0.6 is 23.7 Å². The van der Waals surface area contributed by atoms with Gasteiger partial charge in [-0.05, 0) is 18.5 Å². The Kier molecular flexibility index (Phi) is 6.27. The number of amides is 2. The van der Waals surface area contributed by atoms with Gasteiger partial charge in [0.25, 0.3) is 5.91 Å². The first-order valence-corrected chi connectivity index (χ1v) is 6.90. The number of carbonyl (C=O) groups excluding carboxylic acids is 2. The Morgan fingerprint density at radius 2 is 1.89 bits per heavy atom. The number of piperazine rings is 1. The molecule has 0 spiro atoms. The Morgan fingerprint density at radius 3 is 2.42 bits per heavy atom. The lowest BCUT2D eigenvalue weighted by atomic mass is 10.2. The first-order valence-electron chi connectivity index (χ1n) is 5.96. The maximum atomic E-state index is 12.1. The van der Waals surface area contributed by atoms with Gasteiger partial charge in [0.05, 0.1) is 12.1 Å². The number of carbonyl (C=O) groups is 2. The highest BCUT2D eigenvalue weighted by atomic mass is 35.5. The van der Waals surface area contributed by atoms with E-state index in [1.807, 2.05) is 21.7 Å². The van der Waals surface area contributed by atoms with Gasteiger partial charge < -0.3 is 15.1 Å². The van der Waals surface area contributed by atoms with Crippen LogP contribution in [-0.4, -0.2) is 61.4 Å². The quantitative estimate of drug-likeness (QED) is 0.893. The van der Waals surface area contributed by atoms with E-state index >= 15 is 0 Å². The van der Waals surface area contributed by atoms with Crippen molar-refractivity contribution in [3.05, 3.63) is 22.4 Å². The summed E-state index contributed by atoms with van der Waals surface area (Å²) in [4.78, 5) is 27.4. The number of rotatable bonds is 3. The number of nitrogens with one attached hydrogen (secondary N) is 1. The van der Waals surface area contributed by atoms with Crippen LogP contribution in [0.1, 0.15) is 10.4 Å². The Morgan fingerprint density at radius 1 is 1.26 bits per heavy atom. The fourth-order valence-corrected chi connectivity index (χ4v) is 2.62. The molecule has 1 aliphatic heterocycles. The lowest BCUT2D eigenvalue weighted by molar-refractivity contribution is -0.131. The Labute approximate surface area is 123 Å². The van der Waals surface area contributed by atoms with E-state index in [0.29, 0.717) is 32.7 Å². The molecule has 1 fully saturated rings. The predicted octanol–water partition coefficient (Wildman–Crippen LogP) is 0.674. The molecule has 106 valence electrons. The SMILES string of the molecule is CNCC(=O)N1CCN(C(=O)c2ccsc2)CC1.Cl. The van der Waals surface area contributed by atoms with Crippen LogP contribution in [0.15, 0.2) is 16.8 Å². The summed E-state index contributed by atoms with van der Waals surface area (Å²) in [5, 5.41) is 6.62. The van der Waals surface area contributed by atoms with Gasteiger partial charge in [0, 0.05) is 31.6 Å². The van der Waals surface area contributed by atoms with Gasteiger partial charge >= 0.3 is 0 Å². The monoisotopic (exact) mass is 303 g/mol. The molecule has 2 amide bonds. The van der Waals surface area contributed by atoms with Gasteiger partial charge in [0.2, 0.25) is 5.91 Å². The summed E-state index contributed by atoms with van der Waals surface area (Å²) in [5.41, 5.74) is 0.745. The maximum absolute atomic E-state index is 12.1. The zero-order valence-electron chi connectivity index (χ0n) is 10.8. The van der Waals surface area contributed by atoms with Crippen molar-refractivity contribution < 1.29 is 9.59 Å². The molecule has 0 atom stereocenters. The molecule has 0 aromatic carbocycles. The van der Waals surface area contributed by atoms with Gasteiger partial charge in [-0.2, -0.15) is 11.3 Å².